The lowest BCUT2D eigenvalue weighted by molar-refractivity contribution is 1.30. The predicted molar refractivity (Wildman–Crippen MR) is 197 cm³/mol. The fourth-order valence-electron chi connectivity index (χ4n) is 6.75. The molecular weight excluding hydrogens is 579 g/mol. The molecule has 0 aromatic heterocycles. The van der Waals surface area contributed by atoms with Crippen molar-refractivity contribution in [2.75, 3.05) is 4.90 Å². The monoisotopic (exact) mass is 611 g/mol. The quantitative estimate of drug-likeness (QED) is 0.178. The smallest absolute Gasteiger partial charge is 0.115 e. The van der Waals surface area contributed by atoms with Crippen LogP contribution in [0.5, 0.6) is 0 Å². The number of benzene rings is 7. The molecular formula is C42H33NSSi. The van der Waals surface area contributed by atoms with E-state index in [0.717, 1.165) is 11.4 Å². The van der Waals surface area contributed by atoms with Crippen molar-refractivity contribution >= 4 is 58.0 Å². The Bertz CT molecular complexity index is 2150. The van der Waals surface area contributed by atoms with Crippen molar-refractivity contribution in [1.82, 2.24) is 0 Å². The molecule has 1 aliphatic rings. The zero-order valence-corrected chi connectivity index (χ0v) is 27.3. The topological polar surface area (TPSA) is 3.24 Å². The molecule has 3 heteroatoms. The number of hydrogen-bond donors (Lipinski definition) is 0. The Balaban J connectivity index is 1.23. The van der Waals surface area contributed by atoms with E-state index >= 15 is 0 Å². The van der Waals surface area contributed by atoms with E-state index in [1.807, 2.05) is 11.8 Å². The van der Waals surface area contributed by atoms with E-state index in [4.69, 9.17) is 0 Å². The van der Waals surface area contributed by atoms with Crippen LogP contribution in [0.1, 0.15) is 0 Å². The second-order valence-corrected chi connectivity index (χ2v) is 17.6. The third kappa shape index (κ3) is 4.89. The lowest BCUT2D eigenvalue weighted by Gasteiger charge is -2.34. The standard InChI is InChI=1S/C42H33NSSi/c1-45(2)40-20-9-8-19-39(40)44-42-37(17-11-21-41(42)45)33-24-28-35(29-25-33)43(38-18-10-15-32-14-6-7-16-36(32)38)34-26-22-31(23-27-34)30-12-4-3-5-13-30/h3-29H,1-2H3. The number of rotatable bonds is 5. The first-order valence-electron chi connectivity index (χ1n) is 15.5. The Morgan fingerprint density at radius 3 is 1.82 bits per heavy atom. The number of fused-ring (bicyclic) bond motifs is 3. The van der Waals surface area contributed by atoms with Gasteiger partial charge in [-0.1, -0.05) is 152 Å². The molecule has 7 aromatic rings. The van der Waals surface area contributed by atoms with Crippen LogP contribution >= 0.6 is 11.8 Å². The zero-order chi connectivity index (χ0) is 30.4. The van der Waals surface area contributed by atoms with E-state index in [2.05, 4.69) is 182 Å². The highest BCUT2D eigenvalue weighted by Crippen LogP contribution is 2.42. The van der Waals surface area contributed by atoms with Crippen molar-refractivity contribution in [3.63, 3.8) is 0 Å². The fourth-order valence-corrected chi connectivity index (χ4v) is 12.3. The van der Waals surface area contributed by atoms with Crippen LogP contribution in [0.4, 0.5) is 17.1 Å². The lowest BCUT2D eigenvalue weighted by atomic mass is 10.0. The van der Waals surface area contributed by atoms with Crippen LogP contribution in [0.3, 0.4) is 0 Å². The molecule has 0 amide bonds. The summed E-state index contributed by atoms with van der Waals surface area (Å²) in [5.74, 6) is 0. The maximum Gasteiger partial charge on any atom is 0.115 e. The minimum absolute atomic E-state index is 1.13. The van der Waals surface area contributed by atoms with Crippen molar-refractivity contribution in [2.45, 2.75) is 22.9 Å². The Morgan fingerprint density at radius 2 is 1.04 bits per heavy atom. The summed E-state index contributed by atoms with van der Waals surface area (Å²) < 4.78 is 0. The molecule has 216 valence electrons. The average molecular weight is 612 g/mol. The average Bonchev–Trinajstić information content (AvgIpc) is 3.09. The molecule has 1 nitrogen and oxygen atoms in total. The van der Waals surface area contributed by atoms with E-state index in [-0.39, 0.29) is 0 Å². The maximum absolute atomic E-state index is 2.49. The highest BCUT2D eigenvalue weighted by molar-refractivity contribution is 8.00. The van der Waals surface area contributed by atoms with E-state index < -0.39 is 8.07 Å². The summed E-state index contributed by atoms with van der Waals surface area (Å²) in [5.41, 5.74) is 8.46. The minimum Gasteiger partial charge on any atom is -0.310 e. The van der Waals surface area contributed by atoms with Gasteiger partial charge < -0.3 is 4.90 Å². The molecule has 0 saturated carbocycles. The Morgan fingerprint density at radius 1 is 0.467 bits per heavy atom. The van der Waals surface area contributed by atoms with Gasteiger partial charge in [0, 0.05) is 26.6 Å². The number of anilines is 3. The first-order valence-corrected chi connectivity index (χ1v) is 19.3. The molecule has 7 aromatic carbocycles. The second kappa shape index (κ2) is 11.3. The van der Waals surface area contributed by atoms with Gasteiger partial charge in [0.15, 0.2) is 0 Å². The SMILES string of the molecule is C[Si]1(C)c2ccccc2Sc2c(-c3ccc(N(c4ccc(-c5ccccc5)cc4)c4cccc5ccccc45)cc3)cccc21. The molecule has 0 atom stereocenters. The summed E-state index contributed by atoms with van der Waals surface area (Å²) >= 11 is 1.94. The fraction of sp³-hybridized carbons (Fsp3) is 0.0476. The van der Waals surface area contributed by atoms with Crippen molar-refractivity contribution in [1.29, 1.82) is 0 Å². The Labute approximate surface area is 270 Å². The van der Waals surface area contributed by atoms with Gasteiger partial charge in [-0.3, -0.25) is 0 Å². The van der Waals surface area contributed by atoms with Gasteiger partial charge in [-0.2, -0.15) is 0 Å². The first kappa shape index (κ1) is 27.7. The van der Waals surface area contributed by atoms with Gasteiger partial charge in [-0.15, -0.1) is 0 Å². The molecule has 0 radical (unpaired) electrons. The molecule has 0 N–H and O–H groups in total. The van der Waals surface area contributed by atoms with E-state index in [9.17, 15) is 0 Å². The van der Waals surface area contributed by atoms with Crippen LogP contribution in [-0.2, 0) is 0 Å². The molecule has 1 aliphatic heterocycles. The van der Waals surface area contributed by atoms with Crippen LogP contribution in [-0.4, -0.2) is 8.07 Å². The highest BCUT2D eigenvalue weighted by atomic mass is 32.2. The Hall–Kier alpha value is -4.83. The van der Waals surface area contributed by atoms with Crippen LogP contribution < -0.4 is 15.3 Å². The Kier molecular flexibility index (Phi) is 6.93. The van der Waals surface area contributed by atoms with Crippen molar-refractivity contribution in [2.24, 2.45) is 0 Å². The lowest BCUT2D eigenvalue weighted by Crippen LogP contribution is -2.56. The van der Waals surface area contributed by atoms with Gasteiger partial charge in [0.1, 0.15) is 8.07 Å². The minimum atomic E-state index is -1.80. The van der Waals surface area contributed by atoms with Crippen molar-refractivity contribution < 1.29 is 0 Å². The second-order valence-electron chi connectivity index (χ2n) is 12.2. The molecule has 0 saturated heterocycles. The van der Waals surface area contributed by atoms with Crippen LogP contribution in [0, 0.1) is 0 Å². The summed E-state index contributed by atoms with van der Waals surface area (Å²) in [6.07, 6.45) is 0. The number of hydrogen-bond acceptors (Lipinski definition) is 2. The summed E-state index contributed by atoms with van der Waals surface area (Å²) in [4.78, 5) is 5.22. The third-order valence-electron chi connectivity index (χ3n) is 9.14. The van der Waals surface area contributed by atoms with Gasteiger partial charge in [-0.05, 0) is 74.4 Å². The summed E-state index contributed by atoms with van der Waals surface area (Å²) in [5, 5.41) is 5.54. The van der Waals surface area contributed by atoms with Gasteiger partial charge in [0.2, 0.25) is 0 Å². The largest absolute Gasteiger partial charge is 0.310 e. The van der Waals surface area contributed by atoms with Crippen LogP contribution in [0.2, 0.25) is 13.1 Å². The molecule has 0 unspecified atom stereocenters. The van der Waals surface area contributed by atoms with Crippen LogP contribution in [0.25, 0.3) is 33.0 Å². The van der Waals surface area contributed by atoms with Crippen molar-refractivity contribution in [3.05, 3.63) is 164 Å². The summed E-state index contributed by atoms with van der Waals surface area (Å²) in [6, 6.07) is 59.9. The molecule has 0 aliphatic carbocycles. The van der Waals surface area contributed by atoms with Gasteiger partial charge in [-0.25, -0.2) is 0 Å². The normalized spacial score (nSPS) is 13.2. The van der Waals surface area contributed by atoms with Gasteiger partial charge in [0.05, 0.1) is 5.69 Å². The number of nitrogens with zero attached hydrogens (tertiary/aromatic N) is 1. The third-order valence-corrected chi connectivity index (χ3v) is 14.3. The van der Waals surface area contributed by atoms with E-state index in [1.165, 1.54) is 53.7 Å². The van der Waals surface area contributed by atoms with Gasteiger partial charge in [0.25, 0.3) is 0 Å². The first-order chi connectivity index (χ1) is 22.1. The summed E-state index contributed by atoms with van der Waals surface area (Å²) in [7, 11) is -1.80. The van der Waals surface area contributed by atoms with Crippen molar-refractivity contribution in [3.8, 4) is 22.3 Å². The van der Waals surface area contributed by atoms with Crippen LogP contribution in [0.15, 0.2) is 174 Å². The molecule has 45 heavy (non-hydrogen) atoms. The maximum atomic E-state index is 2.49. The molecule has 0 spiro atoms. The molecule has 1 heterocycles. The zero-order valence-electron chi connectivity index (χ0n) is 25.4. The van der Waals surface area contributed by atoms with Gasteiger partial charge >= 0.3 is 0 Å². The predicted octanol–water partition coefficient (Wildman–Crippen LogP) is 10.9. The molecule has 0 bridgehead atoms. The summed E-state index contributed by atoms with van der Waals surface area (Å²) in [6.45, 7) is 4.98. The van der Waals surface area contributed by atoms with E-state index in [1.54, 1.807) is 5.19 Å². The molecule has 8 rings (SSSR count). The molecule has 0 fully saturated rings. The van der Waals surface area contributed by atoms with E-state index in [0.29, 0.717) is 0 Å². The highest BCUT2D eigenvalue weighted by Gasteiger charge is 2.36.